The molecule has 8 nitrogen and oxygen atoms in total. The zero-order chi connectivity index (χ0) is 23.5. The lowest BCUT2D eigenvalue weighted by Gasteiger charge is -2.31. The first-order chi connectivity index (χ1) is 15.8. The molecule has 0 bridgehead atoms. The smallest absolute Gasteiger partial charge is 0.387 e. The van der Waals surface area contributed by atoms with Gasteiger partial charge in [0, 0.05) is 17.6 Å². The fourth-order valence-electron chi connectivity index (χ4n) is 3.61. The molecule has 0 spiro atoms. The number of hydrogen-bond acceptors (Lipinski definition) is 6. The summed E-state index contributed by atoms with van der Waals surface area (Å²) < 4.78 is 37.9. The van der Waals surface area contributed by atoms with E-state index in [1.807, 2.05) is 4.90 Å². The predicted molar refractivity (Wildman–Crippen MR) is 122 cm³/mol. The van der Waals surface area contributed by atoms with Crippen LogP contribution in [-0.4, -0.2) is 59.3 Å². The van der Waals surface area contributed by atoms with Crippen molar-refractivity contribution >= 4 is 38.4 Å². The van der Waals surface area contributed by atoms with E-state index < -0.39 is 12.7 Å². The highest BCUT2D eigenvalue weighted by Crippen LogP contribution is 2.29. The number of nitrogens with zero attached hydrogens (tertiary/aromatic N) is 3. The Morgan fingerprint density at radius 1 is 1.21 bits per heavy atom. The lowest BCUT2D eigenvalue weighted by atomic mass is 10.2. The molecule has 1 amide bonds. The van der Waals surface area contributed by atoms with Gasteiger partial charge in [0.2, 0.25) is 5.91 Å². The maximum Gasteiger partial charge on any atom is 0.387 e. The first-order valence-electron chi connectivity index (χ1n) is 10.2. The molecule has 0 aliphatic carbocycles. The van der Waals surface area contributed by atoms with Crippen molar-refractivity contribution in [1.82, 2.24) is 14.5 Å². The number of carbonyl (C=O) groups excluding carboxylic acids is 1. The Kier molecular flexibility index (Phi) is 7.01. The quantitative estimate of drug-likeness (QED) is 0.533. The summed E-state index contributed by atoms with van der Waals surface area (Å²) in [6.45, 7) is 0.857. The summed E-state index contributed by atoms with van der Waals surface area (Å²) in [6.07, 6.45) is 1.35. The summed E-state index contributed by atoms with van der Waals surface area (Å²) in [5.74, 6) is -0.594. The first kappa shape index (κ1) is 23.3. The van der Waals surface area contributed by atoms with Gasteiger partial charge in [-0.1, -0.05) is 15.9 Å². The standard InChI is InChI=1S/C22H21BrF2N4O4/c1-13(28-6-8-32-9-7-28)20(30)27-18-11-15(3-5-19(18)33-22(24)25)29-12-26-17-10-14(23)2-4-16(17)21(29)31/h2-5,10-13,22H,6-9H2,1H3,(H,27,30). The summed E-state index contributed by atoms with van der Waals surface area (Å²) >= 11 is 3.35. The number of nitrogens with one attached hydrogen (secondary N) is 1. The third-order valence-electron chi connectivity index (χ3n) is 5.41. The number of carbonyl (C=O) groups is 1. The lowest BCUT2D eigenvalue weighted by Crippen LogP contribution is -2.47. The minimum atomic E-state index is -3.08. The fraction of sp³-hybridized carbons (Fsp3) is 0.318. The molecule has 1 N–H and O–H groups in total. The predicted octanol–water partition coefficient (Wildman–Crippen LogP) is 3.41. The van der Waals surface area contributed by atoms with Gasteiger partial charge in [-0.25, -0.2) is 4.98 Å². The number of halogens is 3. The highest BCUT2D eigenvalue weighted by atomic mass is 79.9. The number of hydrogen-bond donors (Lipinski definition) is 1. The number of alkyl halides is 2. The van der Waals surface area contributed by atoms with Gasteiger partial charge in [0.1, 0.15) is 12.1 Å². The molecule has 1 fully saturated rings. The van der Waals surface area contributed by atoms with Crippen LogP contribution in [0.4, 0.5) is 14.5 Å². The molecular formula is C22H21BrF2N4O4. The molecular weight excluding hydrogens is 502 g/mol. The van der Waals surface area contributed by atoms with Crippen molar-refractivity contribution in [2.45, 2.75) is 19.6 Å². The minimum Gasteiger partial charge on any atom is -0.433 e. The third-order valence-corrected chi connectivity index (χ3v) is 5.90. The highest BCUT2D eigenvalue weighted by molar-refractivity contribution is 9.10. The normalized spacial score (nSPS) is 15.5. The van der Waals surface area contributed by atoms with Gasteiger partial charge in [0.15, 0.2) is 0 Å². The second-order valence-corrected chi connectivity index (χ2v) is 8.37. The molecule has 1 aliphatic heterocycles. The van der Waals surface area contributed by atoms with Crippen molar-refractivity contribution in [2.75, 3.05) is 31.6 Å². The molecule has 1 aliphatic rings. The van der Waals surface area contributed by atoms with Crippen molar-refractivity contribution in [1.29, 1.82) is 0 Å². The molecule has 4 rings (SSSR count). The Balaban J connectivity index is 1.68. The van der Waals surface area contributed by atoms with Gasteiger partial charge >= 0.3 is 6.61 Å². The third kappa shape index (κ3) is 5.21. The Bertz CT molecular complexity index is 1230. The molecule has 1 unspecified atom stereocenters. The Labute approximate surface area is 196 Å². The summed E-state index contributed by atoms with van der Waals surface area (Å²) in [5.41, 5.74) is 0.541. The number of aromatic nitrogens is 2. The lowest BCUT2D eigenvalue weighted by molar-refractivity contribution is -0.122. The molecule has 1 atom stereocenters. The van der Waals surface area contributed by atoms with Gasteiger partial charge in [0.05, 0.1) is 41.5 Å². The van der Waals surface area contributed by atoms with Crippen LogP contribution in [0.25, 0.3) is 16.6 Å². The average molecular weight is 523 g/mol. The number of anilines is 1. The summed E-state index contributed by atoms with van der Waals surface area (Å²) in [6, 6.07) is 8.73. The molecule has 1 aromatic heterocycles. The van der Waals surface area contributed by atoms with E-state index in [0.29, 0.717) is 42.9 Å². The van der Waals surface area contributed by atoms with E-state index in [0.717, 1.165) is 4.47 Å². The topological polar surface area (TPSA) is 85.7 Å². The minimum absolute atomic E-state index is 0.0284. The first-order valence-corrected chi connectivity index (χ1v) is 11.0. The van der Waals surface area contributed by atoms with Crippen LogP contribution < -0.4 is 15.6 Å². The number of amides is 1. The van der Waals surface area contributed by atoms with E-state index in [-0.39, 0.29) is 22.9 Å². The number of morpholine rings is 1. The monoisotopic (exact) mass is 522 g/mol. The molecule has 33 heavy (non-hydrogen) atoms. The summed E-state index contributed by atoms with van der Waals surface area (Å²) in [5, 5.41) is 3.05. The van der Waals surface area contributed by atoms with Gasteiger partial charge in [-0.3, -0.25) is 19.1 Å². The average Bonchev–Trinajstić information content (AvgIpc) is 2.80. The van der Waals surface area contributed by atoms with Gasteiger partial charge in [-0.15, -0.1) is 0 Å². The van der Waals surface area contributed by atoms with E-state index in [9.17, 15) is 18.4 Å². The Morgan fingerprint density at radius 3 is 2.70 bits per heavy atom. The van der Waals surface area contributed by atoms with Gasteiger partial charge in [0.25, 0.3) is 5.56 Å². The number of benzene rings is 2. The van der Waals surface area contributed by atoms with Crippen molar-refractivity contribution in [3.8, 4) is 11.4 Å². The SMILES string of the molecule is CC(C(=O)Nc1cc(-n2cnc3cc(Br)ccc3c2=O)ccc1OC(F)F)N1CCOCC1. The molecule has 2 aromatic carbocycles. The van der Waals surface area contributed by atoms with E-state index in [2.05, 4.69) is 31.0 Å². The van der Waals surface area contributed by atoms with Crippen LogP contribution in [0.15, 0.2) is 52.0 Å². The van der Waals surface area contributed by atoms with Crippen LogP contribution >= 0.6 is 15.9 Å². The molecule has 11 heteroatoms. The molecule has 2 heterocycles. The van der Waals surface area contributed by atoms with Crippen LogP contribution in [0, 0.1) is 0 Å². The second-order valence-electron chi connectivity index (χ2n) is 7.45. The van der Waals surface area contributed by atoms with Crippen molar-refractivity contribution < 1.29 is 23.0 Å². The van der Waals surface area contributed by atoms with E-state index in [1.165, 1.54) is 29.1 Å². The zero-order valence-corrected chi connectivity index (χ0v) is 19.2. The van der Waals surface area contributed by atoms with Crippen LogP contribution in [0.1, 0.15) is 6.92 Å². The fourth-order valence-corrected chi connectivity index (χ4v) is 3.96. The van der Waals surface area contributed by atoms with Crippen LogP contribution in [0.5, 0.6) is 5.75 Å². The van der Waals surface area contributed by atoms with Gasteiger partial charge in [-0.05, 0) is 43.3 Å². The van der Waals surface area contributed by atoms with Crippen LogP contribution in [0.2, 0.25) is 0 Å². The molecule has 1 saturated heterocycles. The Morgan fingerprint density at radius 2 is 1.97 bits per heavy atom. The summed E-state index contributed by atoms with van der Waals surface area (Å²) in [7, 11) is 0. The van der Waals surface area contributed by atoms with Gasteiger partial charge in [-0.2, -0.15) is 8.78 Å². The molecule has 0 saturated carbocycles. The molecule has 3 aromatic rings. The van der Waals surface area contributed by atoms with Crippen LogP contribution in [0.3, 0.4) is 0 Å². The largest absolute Gasteiger partial charge is 0.433 e. The van der Waals surface area contributed by atoms with E-state index >= 15 is 0 Å². The maximum absolute atomic E-state index is 13.0. The molecule has 0 radical (unpaired) electrons. The molecule has 174 valence electrons. The van der Waals surface area contributed by atoms with E-state index in [4.69, 9.17) is 4.74 Å². The number of rotatable bonds is 6. The highest BCUT2D eigenvalue weighted by Gasteiger charge is 2.24. The second kappa shape index (κ2) is 9.94. The number of fused-ring (bicyclic) bond motifs is 1. The number of ether oxygens (including phenoxy) is 2. The zero-order valence-electron chi connectivity index (χ0n) is 17.6. The summed E-state index contributed by atoms with van der Waals surface area (Å²) in [4.78, 5) is 32.1. The van der Waals surface area contributed by atoms with E-state index in [1.54, 1.807) is 25.1 Å². The van der Waals surface area contributed by atoms with Crippen molar-refractivity contribution in [3.05, 3.63) is 57.6 Å². The van der Waals surface area contributed by atoms with Crippen LogP contribution in [-0.2, 0) is 9.53 Å². The van der Waals surface area contributed by atoms with Crippen molar-refractivity contribution in [2.24, 2.45) is 0 Å². The maximum atomic E-state index is 13.0. The van der Waals surface area contributed by atoms with Crippen molar-refractivity contribution in [3.63, 3.8) is 0 Å². The Hall–Kier alpha value is -2.89. The van der Waals surface area contributed by atoms with Gasteiger partial charge < -0.3 is 14.8 Å².